The molecular formula is C21H21F3N6O2S. The monoisotopic (exact) mass is 478 g/mol. The number of alkyl halides is 3. The molecule has 5 rings (SSSR count). The number of fused-ring (bicyclic) bond motifs is 2. The summed E-state index contributed by atoms with van der Waals surface area (Å²) in [6.45, 7) is 4.94. The lowest BCUT2D eigenvalue weighted by Crippen LogP contribution is -2.47. The fourth-order valence-electron chi connectivity index (χ4n) is 3.95. The van der Waals surface area contributed by atoms with E-state index >= 15 is 0 Å². The minimum atomic E-state index is -4.61. The van der Waals surface area contributed by atoms with E-state index in [9.17, 15) is 18.4 Å². The number of thioether (sulfide) groups is 1. The Morgan fingerprint density at radius 2 is 1.94 bits per heavy atom. The zero-order chi connectivity index (χ0) is 23.2. The molecule has 1 aromatic rings. The molecule has 1 atom stereocenters. The Labute approximate surface area is 191 Å². The summed E-state index contributed by atoms with van der Waals surface area (Å²) < 4.78 is 48.5. The number of aromatic nitrogens is 1. The Morgan fingerprint density at radius 3 is 2.61 bits per heavy atom. The van der Waals surface area contributed by atoms with E-state index < -0.39 is 17.0 Å². The molecule has 0 aromatic carbocycles. The number of allylic oxidation sites excluding steroid dienone is 2. The zero-order valence-electron chi connectivity index (χ0n) is 17.6. The number of ether oxygens (including phenoxy) is 1. The number of pyridine rings is 1. The van der Waals surface area contributed by atoms with Crippen LogP contribution in [-0.2, 0) is 10.9 Å². The molecule has 0 bridgehead atoms. The van der Waals surface area contributed by atoms with Gasteiger partial charge in [0.15, 0.2) is 0 Å². The summed E-state index contributed by atoms with van der Waals surface area (Å²) in [5.41, 5.74) is -0.0678. The van der Waals surface area contributed by atoms with Crippen molar-refractivity contribution in [3.8, 4) is 0 Å². The molecular weight excluding hydrogens is 457 g/mol. The number of piperazine rings is 1. The van der Waals surface area contributed by atoms with Crippen molar-refractivity contribution in [1.82, 2.24) is 20.3 Å². The largest absolute Gasteiger partial charge is 0.480 e. The van der Waals surface area contributed by atoms with E-state index in [2.05, 4.69) is 20.3 Å². The summed E-state index contributed by atoms with van der Waals surface area (Å²) in [6, 6.07) is 1.04. The Balaban J connectivity index is 1.73. The molecule has 8 nitrogen and oxygen atoms in total. The minimum Gasteiger partial charge on any atom is -0.480 e. The average molecular weight is 479 g/mol. The third-order valence-corrected chi connectivity index (χ3v) is 6.66. The van der Waals surface area contributed by atoms with Gasteiger partial charge in [0.1, 0.15) is 10.3 Å². The Kier molecular flexibility index (Phi) is 5.67. The van der Waals surface area contributed by atoms with Crippen molar-refractivity contribution >= 4 is 34.9 Å². The van der Waals surface area contributed by atoms with E-state index in [1.807, 2.05) is 11.8 Å². The number of hydrogen-bond acceptors (Lipinski definition) is 9. The normalized spacial score (nSPS) is 22.3. The van der Waals surface area contributed by atoms with Gasteiger partial charge in [0.25, 0.3) is 0 Å². The van der Waals surface area contributed by atoms with Gasteiger partial charge in [-0.3, -0.25) is 5.21 Å². The highest BCUT2D eigenvalue weighted by molar-refractivity contribution is 8.01. The van der Waals surface area contributed by atoms with Crippen molar-refractivity contribution in [2.45, 2.75) is 23.4 Å². The average Bonchev–Trinajstić information content (AvgIpc) is 3.18. The fraction of sp³-hybridized carbons (Fsp3) is 0.381. The molecule has 4 aliphatic rings. The van der Waals surface area contributed by atoms with Gasteiger partial charge < -0.3 is 15.0 Å². The van der Waals surface area contributed by atoms with Crippen LogP contribution < -0.4 is 15.9 Å². The molecule has 4 aliphatic heterocycles. The van der Waals surface area contributed by atoms with Gasteiger partial charge in [0.2, 0.25) is 11.9 Å². The van der Waals surface area contributed by atoms with Crippen LogP contribution in [0.25, 0.3) is 11.3 Å². The van der Waals surface area contributed by atoms with Crippen LogP contribution in [-0.4, -0.2) is 70.0 Å². The van der Waals surface area contributed by atoms with Crippen LogP contribution in [0.1, 0.15) is 12.5 Å². The molecule has 1 aromatic heterocycles. The Hall–Kier alpha value is -2.83. The second kappa shape index (κ2) is 8.50. The molecule has 0 aliphatic carbocycles. The topological polar surface area (TPSA) is 85.6 Å². The number of hydroxylamine groups is 2. The summed E-state index contributed by atoms with van der Waals surface area (Å²) in [5.74, 6) is 0.710. The van der Waals surface area contributed by atoms with E-state index in [1.165, 1.54) is 24.6 Å². The number of rotatable bonds is 1. The van der Waals surface area contributed by atoms with E-state index in [0.717, 1.165) is 36.0 Å². The minimum absolute atomic E-state index is 0.0193. The van der Waals surface area contributed by atoms with Crippen LogP contribution in [0, 0.1) is 0 Å². The van der Waals surface area contributed by atoms with Crippen molar-refractivity contribution in [3.05, 3.63) is 46.7 Å². The van der Waals surface area contributed by atoms with E-state index in [-0.39, 0.29) is 21.3 Å². The third kappa shape index (κ3) is 4.13. The lowest BCUT2D eigenvalue weighted by Gasteiger charge is -2.31. The first-order valence-corrected chi connectivity index (χ1v) is 11.4. The first-order chi connectivity index (χ1) is 15.8. The smallest absolute Gasteiger partial charge is 0.417 e. The molecule has 0 spiro atoms. The fourth-order valence-corrected chi connectivity index (χ4v) is 5.16. The first-order valence-electron chi connectivity index (χ1n) is 10.5. The maximum Gasteiger partial charge on any atom is 0.417 e. The second-order valence-electron chi connectivity index (χ2n) is 7.61. The van der Waals surface area contributed by atoms with Gasteiger partial charge in [-0.25, -0.2) is 15.0 Å². The first kappa shape index (κ1) is 22.0. The highest BCUT2D eigenvalue weighted by Gasteiger charge is 2.42. The van der Waals surface area contributed by atoms with Gasteiger partial charge in [-0.05, 0) is 25.1 Å². The van der Waals surface area contributed by atoms with Gasteiger partial charge in [-0.15, -0.1) is 0 Å². The summed E-state index contributed by atoms with van der Waals surface area (Å²) in [6.07, 6.45) is 1.07. The van der Waals surface area contributed by atoms with Crippen molar-refractivity contribution in [2.75, 3.05) is 32.8 Å². The highest BCUT2D eigenvalue weighted by Crippen LogP contribution is 2.38. The Bertz CT molecular complexity index is 1200. The van der Waals surface area contributed by atoms with Gasteiger partial charge >= 0.3 is 6.18 Å². The molecule has 0 amide bonds. The van der Waals surface area contributed by atoms with Crippen molar-refractivity contribution in [2.24, 2.45) is 9.98 Å². The van der Waals surface area contributed by atoms with Gasteiger partial charge in [-0.2, -0.15) is 18.2 Å². The molecule has 5 heterocycles. The lowest BCUT2D eigenvalue weighted by atomic mass is 10.1. The molecule has 2 N–H and O–H groups in total. The van der Waals surface area contributed by atoms with Crippen LogP contribution in [0.2, 0.25) is 0 Å². The van der Waals surface area contributed by atoms with Crippen molar-refractivity contribution < 1.29 is 23.1 Å². The number of halogens is 3. The second-order valence-corrected chi connectivity index (χ2v) is 8.71. The third-order valence-electron chi connectivity index (χ3n) is 5.48. The lowest BCUT2D eigenvalue weighted by molar-refractivity contribution is -0.138. The molecule has 0 saturated carbocycles. The molecule has 1 saturated heterocycles. The maximum absolute atomic E-state index is 14.2. The Morgan fingerprint density at radius 1 is 1.21 bits per heavy atom. The maximum atomic E-state index is 14.2. The molecule has 33 heavy (non-hydrogen) atoms. The van der Waals surface area contributed by atoms with Crippen molar-refractivity contribution in [3.63, 3.8) is 0 Å². The number of hydrogen-bond donors (Lipinski definition) is 2. The van der Waals surface area contributed by atoms with Crippen LogP contribution in [0.4, 0.5) is 13.2 Å². The molecule has 0 radical (unpaired) electrons. The van der Waals surface area contributed by atoms with E-state index in [0.29, 0.717) is 37.1 Å². The van der Waals surface area contributed by atoms with Crippen LogP contribution in [0.5, 0.6) is 0 Å². The molecule has 12 heteroatoms. The predicted octanol–water partition coefficient (Wildman–Crippen LogP) is 1.28. The number of guanidine groups is 1. The number of nitrogens with one attached hydrogen (secondary N) is 1. The van der Waals surface area contributed by atoms with Crippen LogP contribution in [0.3, 0.4) is 0 Å². The SMILES string of the molecule is CCOC1=NC(N2CCNCC2)=NC2=c3c(C(F)(F)F)cc(=C4C=CN(O)C=C4)nc3SC12. The van der Waals surface area contributed by atoms with E-state index in [1.54, 1.807) is 0 Å². The number of nitrogens with zero attached hydrogens (tertiary/aromatic N) is 5. The molecule has 1 fully saturated rings. The summed E-state index contributed by atoms with van der Waals surface area (Å²) in [7, 11) is 0. The summed E-state index contributed by atoms with van der Waals surface area (Å²) in [5, 5.41) is 13.3. The quantitative estimate of drug-likeness (QED) is 0.629. The highest BCUT2D eigenvalue weighted by atomic mass is 32.2. The van der Waals surface area contributed by atoms with E-state index in [4.69, 9.17) is 4.74 Å². The number of aliphatic imine (C=N–C) groups is 2. The molecule has 174 valence electrons. The van der Waals surface area contributed by atoms with Gasteiger partial charge in [0.05, 0.1) is 23.2 Å². The van der Waals surface area contributed by atoms with Crippen LogP contribution >= 0.6 is 11.8 Å². The summed E-state index contributed by atoms with van der Waals surface area (Å²) >= 11 is 1.16. The standard InChI is InChI=1S/C21H21F3N6O2S/c1-2-32-18-17-16(27-20(28-18)29-9-5-25-6-10-29)15-13(21(22,23)24)11-14(26-19(15)33-17)12-3-7-30(31)8-4-12/h3-4,7-8,11,17,25,31H,2,5-6,9-10H2,1H3. The predicted molar refractivity (Wildman–Crippen MR) is 118 cm³/mol. The summed E-state index contributed by atoms with van der Waals surface area (Å²) in [4.78, 5) is 15.6. The van der Waals surface area contributed by atoms with Crippen molar-refractivity contribution in [1.29, 1.82) is 0 Å². The van der Waals surface area contributed by atoms with Gasteiger partial charge in [-0.1, -0.05) is 11.8 Å². The van der Waals surface area contributed by atoms with Crippen LogP contribution in [0.15, 0.2) is 45.6 Å². The van der Waals surface area contributed by atoms with Gasteiger partial charge in [0, 0.05) is 49.4 Å². The zero-order valence-corrected chi connectivity index (χ0v) is 18.4. The molecule has 1 unspecified atom stereocenters.